The number of rotatable bonds is 7. The van der Waals surface area contributed by atoms with Crippen molar-refractivity contribution >= 4 is 0 Å². The van der Waals surface area contributed by atoms with Gasteiger partial charge in [-0.25, -0.2) is 0 Å². The normalized spacial score (nSPS) is 16.2. The molecule has 0 radical (unpaired) electrons. The molecule has 124 valence electrons. The van der Waals surface area contributed by atoms with Crippen LogP contribution in [0.1, 0.15) is 93.4 Å². The molecule has 0 aliphatic carbocycles. The van der Waals surface area contributed by atoms with Gasteiger partial charge in [0.25, 0.3) is 0 Å². The van der Waals surface area contributed by atoms with E-state index in [0.717, 1.165) is 11.8 Å². The van der Waals surface area contributed by atoms with E-state index in [1.54, 1.807) is 0 Å². The highest BCUT2D eigenvalue weighted by Crippen LogP contribution is 2.20. The second-order valence-electron chi connectivity index (χ2n) is 5.94. The molecule has 1 saturated heterocycles. The Kier molecular flexibility index (Phi) is 18.9. The first-order valence-corrected chi connectivity index (χ1v) is 9.44. The Bertz CT molecular complexity index is 157. The lowest BCUT2D eigenvalue weighted by atomic mass is 9.94. The largest absolute Gasteiger partial charge is 0.303 e. The van der Waals surface area contributed by atoms with Crippen LogP contribution >= 0.6 is 0 Å². The monoisotopic (exact) mass is 285 g/mol. The van der Waals surface area contributed by atoms with Gasteiger partial charge in [-0.05, 0) is 50.7 Å². The second-order valence-corrected chi connectivity index (χ2v) is 5.94. The van der Waals surface area contributed by atoms with E-state index in [1.807, 2.05) is 27.7 Å². The second kappa shape index (κ2) is 17.0. The molecule has 0 unspecified atom stereocenters. The predicted octanol–water partition coefficient (Wildman–Crippen LogP) is 6.38. The SMILES string of the molecule is CC.CC.CCC1CCN(CCCCCC(C)C)CC1. The molecule has 1 aliphatic rings. The Hall–Kier alpha value is -0.0400. The number of hydrogen-bond donors (Lipinski definition) is 0. The van der Waals surface area contributed by atoms with Crippen molar-refractivity contribution in [2.75, 3.05) is 19.6 Å². The summed E-state index contributed by atoms with van der Waals surface area (Å²) in [7, 11) is 0. The number of piperidine rings is 1. The van der Waals surface area contributed by atoms with Crippen molar-refractivity contribution in [1.82, 2.24) is 4.90 Å². The first-order valence-electron chi connectivity index (χ1n) is 9.44. The number of hydrogen-bond acceptors (Lipinski definition) is 1. The zero-order valence-corrected chi connectivity index (χ0v) is 15.7. The molecule has 0 saturated carbocycles. The number of nitrogens with zero attached hydrogens (tertiary/aromatic N) is 1. The topological polar surface area (TPSA) is 3.24 Å². The average Bonchev–Trinajstić information content (AvgIpc) is 2.51. The summed E-state index contributed by atoms with van der Waals surface area (Å²) in [5.41, 5.74) is 0. The van der Waals surface area contributed by atoms with E-state index in [9.17, 15) is 0 Å². The van der Waals surface area contributed by atoms with Crippen LogP contribution in [0.25, 0.3) is 0 Å². The molecule has 1 heteroatoms. The van der Waals surface area contributed by atoms with Crippen LogP contribution in [0.2, 0.25) is 0 Å². The number of likely N-dealkylation sites (tertiary alicyclic amines) is 1. The van der Waals surface area contributed by atoms with E-state index in [-0.39, 0.29) is 0 Å². The van der Waals surface area contributed by atoms with Crippen molar-refractivity contribution in [3.05, 3.63) is 0 Å². The van der Waals surface area contributed by atoms with E-state index in [0.29, 0.717) is 0 Å². The van der Waals surface area contributed by atoms with Gasteiger partial charge in [-0.2, -0.15) is 0 Å². The molecule has 0 aromatic heterocycles. The van der Waals surface area contributed by atoms with Gasteiger partial charge in [0.15, 0.2) is 0 Å². The molecule has 1 rings (SSSR count). The molecular formula is C19H43N. The Morgan fingerprint density at radius 1 is 0.900 bits per heavy atom. The fourth-order valence-electron chi connectivity index (χ4n) is 2.68. The first kappa shape index (κ1) is 22.2. The van der Waals surface area contributed by atoms with Gasteiger partial charge in [0.2, 0.25) is 0 Å². The number of unbranched alkanes of at least 4 members (excludes halogenated alkanes) is 2. The Morgan fingerprint density at radius 2 is 1.45 bits per heavy atom. The summed E-state index contributed by atoms with van der Waals surface area (Å²) in [6, 6.07) is 0. The van der Waals surface area contributed by atoms with E-state index < -0.39 is 0 Å². The summed E-state index contributed by atoms with van der Waals surface area (Å²) >= 11 is 0. The summed E-state index contributed by atoms with van der Waals surface area (Å²) in [5.74, 6) is 1.91. The Morgan fingerprint density at radius 3 is 1.90 bits per heavy atom. The Balaban J connectivity index is 0. The molecule has 1 fully saturated rings. The molecule has 1 nitrogen and oxygen atoms in total. The lowest BCUT2D eigenvalue weighted by Crippen LogP contribution is -2.34. The van der Waals surface area contributed by atoms with Crippen LogP contribution in [0.3, 0.4) is 0 Å². The Labute approximate surface area is 130 Å². The van der Waals surface area contributed by atoms with Gasteiger partial charge >= 0.3 is 0 Å². The maximum absolute atomic E-state index is 2.68. The van der Waals surface area contributed by atoms with Gasteiger partial charge in [-0.15, -0.1) is 0 Å². The van der Waals surface area contributed by atoms with Crippen LogP contribution in [0.15, 0.2) is 0 Å². The molecule has 1 heterocycles. The van der Waals surface area contributed by atoms with Crippen molar-refractivity contribution in [2.24, 2.45) is 11.8 Å². The average molecular weight is 286 g/mol. The van der Waals surface area contributed by atoms with Crippen LogP contribution in [0.4, 0.5) is 0 Å². The predicted molar refractivity (Wildman–Crippen MR) is 95.5 cm³/mol. The summed E-state index contributed by atoms with van der Waals surface area (Å²) in [4.78, 5) is 2.68. The lowest BCUT2D eigenvalue weighted by Gasteiger charge is -2.31. The highest BCUT2D eigenvalue weighted by Gasteiger charge is 2.16. The van der Waals surface area contributed by atoms with Crippen LogP contribution in [-0.2, 0) is 0 Å². The highest BCUT2D eigenvalue weighted by molar-refractivity contribution is 4.71. The maximum atomic E-state index is 2.68. The van der Waals surface area contributed by atoms with Gasteiger partial charge in [-0.3, -0.25) is 0 Å². The third-order valence-corrected chi connectivity index (χ3v) is 4.04. The van der Waals surface area contributed by atoms with E-state index >= 15 is 0 Å². The van der Waals surface area contributed by atoms with E-state index in [2.05, 4.69) is 25.7 Å². The molecule has 1 aliphatic heterocycles. The van der Waals surface area contributed by atoms with Crippen LogP contribution in [0, 0.1) is 11.8 Å². The van der Waals surface area contributed by atoms with Crippen LogP contribution in [0.5, 0.6) is 0 Å². The van der Waals surface area contributed by atoms with Crippen LogP contribution in [-0.4, -0.2) is 24.5 Å². The van der Waals surface area contributed by atoms with Crippen molar-refractivity contribution in [3.63, 3.8) is 0 Å². The quantitative estimate of drug-likeness (QED) is 0.491. The van der Waals surface area contributed by atoms with E-state index in [4.69, 9.17) is 0 Å². The molecule has 20 heavy (non-hydrogen) atoms. The third-order valence-electron chi connectivity index (χ3n) is 4.04. The molecule has 0 aromatic rings. The third kappa shape index (κ3) is 13.0. The zero-order valence-electron chi connectivity index (χ0n) is 15.7. The minimum Gasteiger partial charge on any atom is -0.303 e. The molecule has 0 spiro atoms. The fourth-order valence-corrected chi connectivity index (χ4v) is 2.68. The highest BCUT2D eigenvalue weighted by atomic mass is 15.1. The standard InChI is InChI=1S/C15H31N.2C2H6/c1-4-15-9-12-16(13-10-15)11-7-5-6-8-14(2)3;2*1-2/h14-15H,4-13H2,1-3H3;2*1-2H3. The van der Waals surface area contributed by atoms with Crippen molar-refractivity contribution in [3.8, 4) is 0 Å². The molecular weight excluding hydrogens is 242 g/mol. The molecule has 0 aromatic carbocycles. The van der Waals surface area contributed by atoms with Gasteiger partial charge < -0.3 is 4.90 Å². The van der Waals surface area contributed by atoms with Gasteiger partial charge in [0, 0.05) is 0 Å². The lowest BCUT2D eigenvalue weighted by molar-refractivity contribution is 0.178. The zero-order chi connectivity index (χ0) is 15.8. The van der Waals surface area contributed by atoms with Gasteiger partial charge in [-0.1, -0.05) is 74.1 Å². The first-order chi connectivity index (χ1) is 9.72. The molecule has 0 bridgehead atoms. The molecule has 0 amide bonds. The van der Waals surface area contributed by atoms with Crippen molar-refractivity contribution in [2.45, 2.75) is 93.4 Å². The summed E-state index contributed by atoms with van der Waals surface area (Å²) in [5, 5.41) is 0. The van der Waals surface area contributed by atoms with E-state index in [1.165, 1.54) is 64.6 Å². The van der Waals surface area contributed by atoms with Crippen LogP contribution < -0.4 is 0 Å². The minimum atomic E-state index is 0.889. The van der Waals surface area contributed by atoms with Gasteiger partial charge in [0.1, 0.15) is 0 Å². The minimum absolute atomic E-state index is 0.889. The van der Waals surface area contributed by atoms with Crippen molar-refractivity contribution in [1.29, 1.82) is 0 Å². The maximum Gasteiger partial charge on any atom is -0.00161 e. The smallest absolute Gasteiger partial charge is 0.00161 e. The fraction of sp³-hybridized carbons (Fsp3) is 1.00. The molecule has 0 atom stereocenters. The van der Waals surface area contributed by atoms with Gasteiger partial charge in [0.05, 0.1) is 0 Å². The molecule has 0 N–H and O–H groups in total. The van der Waals surface area contributed by atoms with Crippen molar-refractivity contribution < 1.29 is 0 Å². The summed E-state index contributed by atoms with van der Waals surface area (Å²) < 4.78 is 0. The summed E-state index contributed by atoms with van der Waals surface area (Å²) in [6.45, 7) is 19.1. The summed E-state index contributed by atoms with van der Waals surface area (Å²) in [6.07, 6.45) is 9.99.